The van der Waals surface area contributed by atoms with E-state index in [0.29, 0.717) is 13.1 Å². The summed E-state index contributed by atoms with van der Waals surface area (Å²) in [5.74, 6) is -1.48. The summed E-state index contributed by atoms with van der Waals surface area (Å²) in [5.41, 5.74) is -0.195. The molecule has 24 nitrogen and oxygen atoms in total. The van der Waals surface area contributed by atoms with E-state index in [1.54, 1.807) is 20.8 Å². The van der Waals surface area contributed by atoms with Gasteiger partial charge in [0.1, 0.15) is 25.1 Å². The van der Waals surface area contributed by atoms with Crippen LogP contribution in [0, 0.1) is 5.92 Å². The maximum absolute atomic E-state index is 11.6. The van der Waals surface area contributed by atoms with Gasteiger partial charge in [0, 0.05) is 48.9 Å². The topological polar surface area (TPSA) is 386 Å². The molecule has 0 fully saturated rings. The Kier molecular flexibility index (Phi) is 21.3. The van der Waals surface area contributed by atoms with Gasteiger partial charge in [-0.1, -0.05) is 34.1 Å². The summed E-state index contributed by atoms with van der Waals surface area (Å²) in [4.78, 5) is 45.9. The van der Waals surface area contributed by atoms with Crippen molar-refractivity contribution >= 4 is 64.1 Å². The summed E-state index contributed by atoms with van der Waals surface area (Å²) in [5, 5.41) is 7.88. The van der Waals surface area contributed by atoms with Crippen molar-refractivity contribution in [3.05, 3.63) is 71.6 Å². The van der Waals surface area contributed by atoms with Crippen molar-refractivity contribution in [2.75, 3.05) is 13.1 Å². The smallest absolute Gasteiger partial charge is 0.328 e. The van der Waals surface area contributed by atoms with Crippen LogP contribution in [0.15, 0.2) is 87.4 Å². The molecular weight excluding hydrogens is 937 g/mol. The fourth-order valence-electron chi connectivity index (χ4n) is 3.99. The van der Waals surface area contributed by atoms with E-state index in [2.05, 4.69) is 38.9 Å². The Bertz CT molecular complexity index is 2630. The van der Waals surface area contributed by atoms with E-state index in [1.807, 2.05) is 34.6 Å². The minimum Gasteiger partial charge on any atom is -0.450 e. The zero-order valence-corrected chi connectivity index (χ0v) is 39.0. The third-order valence-electron chi connectivity index (χ3n) is 7.33. The molecule has 4 aromatic rings. The van der Waals surface area contributed by atoms with Crippen LogP contribution < -0.4 is 21.3 Å². The largest absolute Gasteiger partial charge is 0.450 e. The molecule has 0 saturated heterocycles. The lowest BCUT2D eigenvalue weighted by molar-refractivity contribution is 0.0914. The average molecular weight is 989 g/mol. The highest BCUT2D eigenvalue weighted by Crippen LogP contribution is 2.17. The van der Waals surface area contributed by atoms with Crippen molar-refractivity contribution in [3.63, 3.8) is 0 Å². The SMILES string of the molecule is CC(C)(C)NC(=O)c1coc(S(=O)(=O)O)c1.CC(C)CNC(=O)c1coc(S(=O)(=O)O)c1.CCC(C)NC(=O)c1coc(S(=O)(=O)O)c1.CCCCNC(=O)c1coc(S(=O)(=O)O)c1. The number of carbonyl (C=O) groups excluding carboxylic acids is 4. The molecule has 0 radical (unpaired) electrons. The van der Waals surface area contributed by atoms with Gasteiger partial charge in [-0.05, 0) is 46.5 Å². The molecule has 0 aliphatic rings. The summed E-state index contributed by atoms with van der Waals surface area (Å²) in [6.45, 7) is 15.9. The first-order valence-corrected chi connectivity index (χ1v) is 24.4. The Morgan fingerprint density at radius 2 is 0.891 bits per heavy atom. The van der Waals surface area contributed by atoms with Crippen molar-refractivity contribution in [1.82, 2.24) is 21.3 Å². The molecule has 1 atom stereocenters. The van der Waals surface area contributed by atoms with Crippen LogP contribution in [0.1, 0.15) is 116 Å². The molecule has 0 aliphatic carbocycles. The molecule has 360 valence electrons. The minimum absolute atomic E-state index is 0.0171. The number of nitrogens with one attached hydrogen (secondary N) is 4. The highest BCUT2D eigenvalue weighted by atomic mass is 32.2. The van der Waals surface area contributed by atoms with E-state index in [4.69, 9.17) is 18.2 Å². The molecule has 28 heteroatoms. The van der Waals surface area contributed by atoms with Crippen LogP contribution in [-0.4, -0.2) is 100 Å². The van der Waals surface area contributed by atoms with Crippen LogP contribution in [-0.2, 0) is 40.5 Å². The summed E-state index contributed by atoms with van der Waals surface area (Å²) >= 11 is 0. The van der Waals surface area contributed by atoms with Gasteiger partial charge in [0.15, 0.2) is 0 Å². The number of rotatable bonds is 15. The second-order valence-electron chi connectivity index (χ2n) is 14.7. The van der Waals surface area contributed by atoms with E-state index in [1.165, 1.54) is 0 Å². The van der Waals surface area contributed by atoms with Crippen LogP contribution in [0.25, 0.3) is 0 Å². The summed E-state index contributed by atoms with van der Waals surface area (Å²) in [7, 11) is -17.6. The summed E-state index contributed by atoms with van der Waals surface area (Å²) in [6, 6.07) is 3.89. The Labute approximate surface area is 369 Å². The van der Waals surface area contributed by atoms with Crippen molar-refractivity contribution in [2.45, 2.75) is 107 Å². The van der Waals surface area contributed by atoms with Gasteiger partial charge < -0.3 is 38.9 Å². The highest BCUT2D eigenvalue weighted by molar-refractivity contribution is 7.86. The van der Waals surface area contributed by atoms with Crippen molar-refractivity contribution < 1.29 is 88.7 Å². The number of carbonyl (C=O) groups is 4. The first kappa shape index (κ1) is 56.7. The average Bonchev–Trinajstić information content (AvgIpc) is 3.99. The van der Waals surface area contributed by atoms with Crippen molar-refractivity contribution in [2.24, 2.45) is 5.92 Å². The number of unbranched alkanes of at least 4 members (excludes halogenated alkanes) is 1. The van der Waals surface area contributed by atoms with Gasteiger partial charge in [-0.15, -0.1) is 0 Å². The van der Waals surface area contributed by atoms with Gasteiger partial charge in [-0.2, -0.15) is 33.7 Å². The number of furan rings is 4. The first-order chi connectivity index (χ1) is 29.2. The van der Waals surface area contributed by atoms with Crippen LogP contribution >= 0.6 is 0 Å². The lowest BCUT2D eigenvalue weighted by atomic mass is 10.1. The Hall–Kier alpha value is -5.36. The molecule has 4 aromatic heterocycles. The molecule has 0 aromatic carbocycles. The third-order valence-corrected chi connectivity index (χ3v) is 10.2. The monoisotopic (exact) mass is 988 g/mol. The molecule has 0 spiro atoms. The van der Waals surface area contributed by atoms with Crippen molar-refractivity contribution in [3.8, 4) is 0 Å². The fourth-order valence-corrected chi connectivity index (χ4v) is 5.77. The minimum atomic E-state index is -4.41. The predicted octanol–water partition coefficient (Wildman–Crippen LogP) is 4.08. The van der Waals surface area contributed by atoms with Crippen LogP contribution in [0.2, 0.25) is 0 Å². The van der Waals surface area contributed by atoms with Gasteiger partial charge in [0.05, 0.1) is 22.3 Å². The molecule has 0 saturated carbocycles. The number of hydrogen-bond donors (Lipinski definition) is 8. The molecule has 0 bridgehead atoms. The highest BCUT2D eigenvalue weighted by Gasteiger charge is 2.23. The van der Waals surface area contributed by atoms with Crippen molar-refractivity contribution in [1.29, 1.82) is 0 Å². The van der Waals surface area contributed by atoms with E-state index < -0.39 is 90.0 Å². The zero-order valence-electron chi connectivity index (χ0n) is 35.8. The van der Waals surface area contributed by atoms with Crippen LogP contribution in [0.4, 0.5) is 0 Å². The van der Waals surface area contributed by atoms with Gasteiger partial charge in [0.2, 0.25) is 20.4 Å². The van der Waals surface area contributed by atoms with Crippen LogP contribution in [0.3, 0.4) is 0 Å². The van der Waals surface area contributed by atoms with E-state index in [9.17, 15) is 52.8 Å². The van der Waals surface area contributed by atoms with Crippen LogP contribution in [0.5, 0.6) is 0 Å². The fraction of sp³-hybridized carbons (Fsp3) is 0.444. The summed E-state index contributed by atoms with van der Waals surface area (Å²) < 4.78 is 138. The molecular formula is C36H52N4O20S4. The van der Waals surface area contributed by atoms with Gasteiger partial charge in [0.25, 0.3) is 23.6 Å². The van der Waals surface area contributed by atoms with Gasteiger partial charge >= 0.3 is 40.5 Å². The molecule has 0 aliphatic heterocycles. The summed E-state index contributed by atoms with van der Waals surface area (Å²) in [6.07, 6.45) is 6.49. The second kappa shape index (κ2) is 24.1. The third kappa shape index (κ3) is 20.9. The maximum Gasteiger partial charge on any atom is 0.328 e. The number of amides is 4. The van der Waals surface area contributed by atoms with E-state index in [-0.39, 0.29) is 34.2 Å². The van der Waals surface area contributed by atoms with Gasteiger partial charge in [-0.3, -0.25) is 37.4 Å². The Morgan fingerprint density at radius 3 is 1.17 bits per heavy atom. The Balaban J connectivity index is 0.000000427. The predicted molar refractivity (Wildman–Crippen MR) is 223 cm³/mol. The number of hydrogen-bond acceptors (Lipinski definition) is 16. The van der Waals surface area contributed by atoms with Gasteiger partial charge in [-0.25, -0.2) is 0 Å². The molecule has 4 amide bonds. The Morgan fingerprint density at radius 1 is 0.562 bits per heavy atom. The second-order valence-corrected chi connectivity index (χ2v) is 20.1. The molecule has 1 unspecified atom stereocenters. The first-order valence-electron chi connectivity index (χ1n) is 18.6. The molecule has 4 rings (SSSR count). The molecule has 64 heavy (non-hydrogen) atoms. The lowest BCUT2D eigenvalue weighted by Gasteiger charge is -2.19. The maximum atomic E-state index is 11.6. The standard InChI is InChI=1S/4C9H13NO5S/c1-9(2,3)10-8(11)6-4-7(15-5-6)16(12,13)14;1-6(2)4-10-9(11)7-3-8(15-5-7)16(12,13)14;1-3-6(2)10-9(11)7-4-8(15-5-7)16(12,13)14;1-2-3-4-10-9(11)7-5-8(15-6-7)16(12,13)14/h4-5H,1-3H3,(H,10,11)(H,12,13,14);3,5-6H,4H2,1-2H3,(H,10,11)(H,12,13,14);4-6H,3H2,1-2H3,(H,10,11)(H,12,13,14);5-6H,2-4H2,1H3,(H,10,11)(H,12,13,14). The quantitative estimate of drug-likeness (QED) is 0.0614. The normalized spacial score (nSPS) is 12.3. The van der Waals surface area contributed by atoms with E-state index in [0.717, 1.165) is 68.6 Å². The molecule has 4 heterocycles. The lowest BCUT2D eigenvalue weighted by Crippen LogP contribution is -2.40. The zero-order chi connectivity index (χ0) is 49.4. The van der Waals surface area contributed by atoms with E-state index >= 15 is 0 Å². The molecule has 8 N–H and O–H groups in total.